The highest BCUT2D eigenvalue weighted by Gasteiger charge is 2.16. The molecule has 144 valence electrons. The van der Waals surface area contributed by atoms with Crippen molar-refractivity contribution in [3.8, 4) is 11.8 Å². The number of hydrogen-bond acceptors (Lipinski definition) is 5. The Labute approximate surface area is 168 Å². The summed E-state index contributed by atoms with van der Waals surface area (Å²) in [4.78, 5) is 11.5. The summed E-state index contributed by atoms with van der Waals surface area (Å²) in [6.45, 7) is 1.67. The minimum atomic E-state index is -0.388. The van der Waals surface area contributed by atoms with Crippen molar-refractivity contribution in [1.82, 2.24) is 5.32 Å². The van der Waals surface area contributed by atoms with E-state index in [1.165, 1.54) is 30.7 Å². The van der Waals surface area contributed by atoms with Gasteiger partial charge in [0.05, 0.1) is 10.6 Å². The standard InChI is InChI=1S/C11H16ClN3O.C8H6ClNO/c12-10(14)7-6-9(13)11(16)15-8-4-2-1-3-5-8;1-5-7(11)3-2-6(4-10)8(5)9/h6-8,13-14H,1-5H2,(H,15,16);2-3,11H,1H3/b7-6-,13-9?,14-10?;. The predicted octanol–water partition coefficient (Wildman–Crippen LogP) is 4.45. The van der Waals surface area contributed by atoms with Gasteiger partial charge in [0.2, 0.25) is 0 Å². The normalized spacial score (nSPS) is 14.0. The third kappa shape index (κ3) is 7.81. The number of halogens is 2. The zero-order valence-electron chi connectivity index (χ0n) is 15.0. The Morgan fingerprint density at radius 2 is 1.93 bits per heavy atom. The molecule has 1 aromatic carbocycles. The first-order chi connectivity index (χ1) is 12.8. The van der Waals surface area contributed by atoms with Crippen molar-refractivity contribution in [2.45, 2.75) is 45.1 Å². The van der Waals surface area contributed by atoms with Crippen LogP contribution in [-0.4, -0.2) is 27.9 Å². The molecule has 0 atom stereocenters. The van der Waals surface area contributed by atoms with E-state index < -0.39 is 0 Å². The van der Waals surface area contributed by atoms with Crippen LogP contribution in [0.1, 0.15) is 43.2 Å². The van der Waals surface area contributed by atoms with E-state index in [9.17, 15) is 4.79 Å². The van der Waals surface area contributed by atoms with Crippen LogP contribution in [0, 0.1) is 29.1 Å². The van der Waals surface area contributed by atoms with Gasteiger partial charge in [0.25, 0.3) is 5.91 Å². The van der Waals surface area contributed by atoms with Gasteiger partial charge in [0.15, 0.2) is 0 Å². The summed E-state index contributed by atoms with van der Waals surface area (Å²) in [5.41, 5.74) is 0.781. The molecule has 1 fully saturated rings. The number of hydrogen-bond donors (Lipinski definition) is 4. The van der Waals surface area contributed by atoms with Crippen LogP contribution in [0.25, 0.3) is 0 Å². The number of benzene rings is 1. The second-order valence-corrected chi connectivity index (χ2v) is 6.87. The smallest absolute Gasteiger partial charge is 0.269 e. The Balaban J connectivity index is 0.000000289. The van der Waals surface area contributed by atoms with E-state index >= 15 is 0 Å². The lowest BCUT2D eigenvalue weighted by molar-refractivity contribution is -0.115. The molecule has 0 radical (unpaired) electrons. The summed E-state index contributed by atoms with van der Waals surface area (Å²) >= 11 is 11.0. The van der Waals surface area contributed by atoms with Gasteiger partial charge in [-0.25, -0.2) is 0 Å². The van der Waals surface area contributed by atoms with Crippen LogP contribution in [0.5, 0.6) is 5.75 Å². The summed E-state index contributed by atoms with van der Waals surface area (Å²) in [7, 11) is 0. The van der Waals surface area contributed by atoms with E-state index in [1.54, 1.807) is 6.92 Å². The SMILES string of the molecule is Cc1c(O)ccc(C#N)c1Cl.N=C(Cl)/C=C\C(=N)C(=O)NC1CCCCC1. The highest BCUT2D eigenvalue weighted by Crippen LogP contribution is 2.27. The third-order valence-electron chi connectivity index (χ3n) is 4.06. The van der Waals surface area contributed by atoms with E-state index in [0.29, 0.717) is 16.1 Å². The number of rotatable bonds is 4. The van der Waals surface area contributed by atoms with E-state index in [-0.39, 0.29) is 28.6 Å². The first-order valence-corrected chi connectivity index (χ1v) is 9.21. The first-order valence-electron chi connectivity index (χ1n) is 8.46. The third-order valence-corrected chi connectivity index (χ3v) is 4.67. The maximum Gasteiger partial charge on any atom is 0.269 e. The van der Waals surface area contributed by atoms with Gasteiger partial charge < -0.3 is 10.4 Å². The number of amides is 1. The quantitative estimate of drug-likeness (QED) is 0.550. The topological polar surface area (TPSA) is 121 Å². The number of carbonyl (C=O) groups excluding carboxylic acids is 1. The molecule has 2 rings (SSSR count). The average Bonchev–Trinajstić information content (AvgIpc) is 2.65. The molecule has 1 amide bonds. The van der Waals surface area contributed by atoms with Gasteiger partial charge >= 0.3 is 0 Å². The molecule has 0 aromatic heterocycles. The zero-order chi connectivity index (χ0) is 20.4. The van der Waals surface area contributed by atoms with E-state index in [2.05, 4.69) is 5.32 Å². The lowest BCUT2D eigenvalue weighted by Crippen LogP contribution is -2.39. The highest BCUT2D eigenvalue weighted by atomic mass is 35.5. The van der Waals surface area contributed by atoms with Crippen LogP contribution in [0.4, 0.5) is 0 Å². The number of aromatic hydroxyl groups is 1. The highest BCUT2D eigenvalue weighted by molar-refractivity contribution is 6.67. The number of nitrogens with one attached hydrogen (secondary N) is 3. The van der Waals surface area contributed by atoms with Gasteiger partial charge in [-0.05, 0) is 44.1 Å². The molecule has 1 saturated carbocycles. The van der Waals surface area contributed by atoms with Crippen LogP contribution in [0.15, 0.2) is 24.3 Å². The summed E-state index contributed by atoms with van der Waals surface area (Å²) < 4.78 is 0. The molecule has 4 N–H and O–H groups in total. The minimum Gasteiger partial charge on any atom is -0.508 e. The fourth-order valence-corrected chi connectivity index (χ4v) is 2.77. The molecule has 8 heteroatoms. The fraction of sp³-hybridized carbons (Fsp3) is 0.368. The Morgan fingerprint density at radius 1 is 1.30 bits per heavy atom. The molecule has 0 heterocycles. The van der Waals surface area contributed by atoms with Crippen LogP contribution in [0.2, 0.25) is 5.02 Å². The molecule has 1 aromatic rings. The summed E-state index contributed by atoms with van der Waals surface area (Å²) in [5, 5.41) is 35.0. The minimum absolute atomic E-state index is 0.119. The Morgan fingerprint density at radius 3 is 2.48 bits per heavy atom. The number of nitrogens with zero attached hydrogens (tertiary/aromatic N) is 1. The van der Waals surface area contributed by atoms with Gasteiger partial charge in [-0.15, -0.1) is 0 Å². The number of carbonyl (C=O) groups is 1. The maximum atomic E-state index is 11.5. The summed E-state index contributed by atoms with van der Waals surface area (Å²) in [6.07, 6.45) is 7.97. The molecule has 1 aliphatic carbocycles. The molecule has 6 nitrogen and oxygen atoms in total. The van der Waals surface area contributed by atoms with Crippen molar-refractivity contribution in [1.29, 1.82) is 16.1 Å². The Hall–Kier alpha value is -2.36. The number of allylic oxidation sites excluding steroid dienone is 1. The molecule has 0 saturated heterocycles. The molecule has 0 spiro atoms. The van der Waals surface area contributed by atoms with Crippen molar-refractivity contribution in [3.63, 3.8) is 0 Å². The lowest BCUT2D eigenvalue weighted by atomic mass is 9.95. The Kier molecular flexibility index (Phi) is 9.55. The molecule has 0 aliphatic heterocycles. The number of phenols is 1. The molecule has 27 heavy (non-hydrogen) atoms. The predicted molar refractivity (Wildman–Crippen MR) is 108 cm³/mol. The Bertz CT molecular complexity index is 779. The maximum absolute atomic E-state index is 11.5. The second kappa shape index (κ2) is 11.4. The zero-order valence-corrected chi connectivity index (χ0v) is 16.5. The molecule has 0 bridgehead atoms. The van der Waals surface area contributed by atoms with Crippen molar-refractivity contribution < 1.29 is 9.90 Å². The fourth-order valence-electron chi connectivity index (χ4n) is 2.50. The van der Waals surface area contributed by atoms with E-state index in [0.717, 1.165) is 25.7 Å². The van der Waals surface area contributed by atoms with E-state index in [1.807, 2.05) is 6.07 Å². The van der Waals surface area contributed by atoms with Crippen LogP contribution < -0.4 is 5.32 Å². The van der Waals surface area contributed by atoms with Gasteiger partial charge in [-0.3, -0.25) is 15.6 Å². The number of nitriles is 1. The lowest BCUT2D eigenvalue weighted by Gasteiger charge is -2.22. The largest absolute Gasteiger partial charge is 0.508 e. The second-order valence-electron chi connectivity index (χ2n) is 6.09. The monoisotopic (exact) mass is 408 g/mol. The summed E-state index contributed by atoms with van der Waals surface area (Å²) in [5.74, 6) is -0.268. The molecular weight excluding hydrogens is 387 g/mol. The van der Waals surface area contributed by atoms with Gasteiger partial charge in [-0.1, -0.05) is 42.5 Å². The molecule has 0 unspecified atom stereocenters. The van der Waals surface area contributed by atoms with Gasteiger partial charge in [0.1, 0.15) is 22.7 Å². The van der Waals surface area contributed by atoms with E-state index in [4.69, 9.17) is 44.4 Å². The van der Waals surface area contributed by atoms with Crippen molar-refractivity contribution in [2.75, 3.05) is 0 Å². The first kappa shape index (κ1) is 22.7. The van der Waals surface area contributed by atoms with Crippen LogP contribution in [0.3, 0.4) is 0 Å². The van der Waals surface area contributed by atoms with Crippen molar-refractivity contribution >= 4 is 40.0 Å². The molecule has 1 aliphatic rings. The molecular formula is C19H22Cl2N4O2. The van der Waals surface area contributed by atoms with Crippen LogP contribution in [-0.2, 0) is 4.79 Å². The van der Waals surface area contributed by atoms with Crippen molar-refractivity contribution in [3.05, 3.63) is 40.4 Å². The average molecular weight is 409 g/mol. The van der Waals surface area contributed by atoms with Crippen LogP contribution >= 0.6 is 23.2 Å². The van der Waals surface area contributed by atoms with Crippen molar-refractivity contribution in [2.24, 2.45) is 0 Å². The number of phenolic OH excluding ortho intramolecular Hbond substituents is 1. The summed E-state index contributed by atoms with van der Waals surface area (Å²) in [6, 6.07) is 5.07. The van der Waals surface area contributed by atoms with Gasteiger partial charge in [-0.2, -0.15) is 5.26 Å². The van der Waals surface area contributed by atoms with Gasteiger partial charge in [0, 0.05) is 11.6 Å².